The molecule has 3 nitrogen and oxygen atoms in total. The Hall–Kier alpha value is -1.49. The molecule has 0 amide bonds. The zero-order valence-corrected chi connectivity index (χ0v) is 19.8. The first-order valence-corrected chi connectivity index (χ1v) is 12.7. The number of unbranched alkanes of at least 4 members (excludes halogenated alkanes) is 4. The molecule has 2 aliphatic carbocycles. The second-order valence-corrected chi connectivity index (χ2v) is 9.79. The van der Waals surface area contributed by atoms with Crippen LogP contribution in [-0.2, 0) is 9.47 Å². The molecule has 3 atom stereocenters. The van der Waals surface area contributed by atoms with Gasteiger partial charge in [-0.05, 0) is 68.1 Å². The molecular formula is C27H40F2O3. The maximum atomic E-state index is 14.8. The van der Waals surface area contributed by atoms with Crippen LogP contribution < -0.4 is 0 Å². The van der Waals surface area contributed by atoms with Crippen LogP contribution in [0.1, 0.15) is 112 Å². The summed E-state index contributed by atoms with van der Waals surface area (Å²) in [4.78, 5) is 12.5. The van der Waals surface area contributed by atoms with Crippen molar-refractivity contribution in [3.8, 4) is 0 Å². The first-order chi connectivity index (χ1) is 15.5. The van der Waals surface area contributed by atoms with Gasteiger partial charge in [0.2, 0.25) is 0 Å². The zero-order chi connectivity index (χ0) is 22.9. The van der Waals surface area contributed by atoms with Crippen molar-refractivity contribution < 1.29 is 23.0 Å². The number of halogens is 2. The molecule has 0 aromatic heterocycles. The minimum Gasteiger partial charge on any atom is -0.459 e. The first kappa shape index (κ1) is 25.1. The molecule has 0 spiro atoms. The lowest BCUT2D eigenvalue weighted by atomic mass is 9.77. The topological polar surface area (TPSA) is 35.5 Å². The normalized spacial score (nSPS) is 28.4. The van der Waals surface area contributed by atoms with Crippen molar-refractivity contribution in [3.05, 3.63) is 35.1 Å². The van der Waals surface area contributed by atoms with Crippen molar-refractivity contribution in [2.75, 3.05) is 7.11 Å². The molecule has 2 fully saturated rings. The predicted octanol–water partition coefficient (Wildman–Crippen LogP) is 7.52. The third-order valence-electron chi connectivity index (χ3n) is 7.49. The number of esters is 1. The summed E-state index contributed by atoms with van der Waals surface area (Å²) in [5, 5.41) is 0. The quantitative estimate of drug-likeness (QED) is 0.273. The lowest BCUT2D eigenvalue weighted by Gasteiger charge is -2.30. The van der Waals surface area contributed by atoms with Gasteiger partial charge in [-0.15, -0.1) is 0 Å². The van der Waals surface area contributed by atoms with E-state index < -0.39 is 30.2 Å². The monoisotopic (exact) mass is 450 g/mol. The van der Waals surface area contributed by atoms with Crippen LogP contribution in [0, 0.1) is 11.7 Å². The number of alkyl halides is 1. The minimum absolute atomic E-state index is 0.0567. The van der Waals surface area contributed by atoms with Gasteiger partial charge in [-0.2, -0.15) is 0 Å². The van der Waals surface area contributed by atoms with Crippen LogP contribution >= 0.6 is 0 Å². The molecule has 5 heteroatoms. The lowest BCUT2D eigenvalue weighted by Crippen LogP contribution is -2.36. The fourth-order valence-electron chi connectivity index (χ4n) is 5.41. The molecule has 2 saturated carbocycles. The van der Waals surface area contributed by atoms with E-state index in [0.29, 0.717) is 18.8 Å². The zero-order valence-electron chi connectivity index (χ0n) is 19.8. The van der Waals surface area contributed by atoms with Crippen molar-refractivity contribution in [3.63, 3.8) is 0 Å². The molecule has 0 saturated heterocycles. The second-order valence-electron chi connectivity index (χ2n) is 9.79. The number of methoxy groups -OCH3 is 1. The van der Waals surface area contributed by atoms with E-state index in [1.165, 1.54) is 64.5 Å². The van der Waals surface area contributed by atoms with Crippen LogP contribution in [0.2, 0.25) is 0 Å². The van der Waals surface area contributed by atoms with Crippen LogP contribution in [0.5, 0.6) is 0 Å². The summed E-state index contributed by atoms with van der Waals surface area (Å²) >= 11 is 0. The molecule has 3 rings (SSSR count). The molecule has 1 aromatic rings. The van der Waals surface area contributed by atoms with Gasteiger partial charge in [0, 0.05) is 13.5 Å². The average Bonchev–Trinajstić information content (AvgIpc) is 2.79. The number of carbonyl (C=O) groups excluding carboxylic acids is 1. The highest BCUT2D eigenvalue weighted by atomic mass is 19.1. The summed E-state index contributed by atoms with van der Waals surface area (Å²) in [6, 6.07) is 4.92. The number of carbonyl (C=O) groups is 1. The molecule has 2 aliphatic rings. The van der Waals surface area contributed by atoms with Crippen molar-refractivity contribution >= 4 is 5.97 Å². The number of hydrogen-bond donors (Lipinski definition) is 0. The highest BCUT2D eigenvalue weighted by molar-refractivity contribution is 5.89. The summed E-state index contributed by atoms with van der Waals surface area (Å²) in [5.74, 6) is -0.0659. The largest absolute Gasteiger partial charge is 0.459 e. The SMILES string of the molecule is CCCCCCCC1CCC(c2ccc(C(=O)OC3CCC(OC)C(F)C3)c(F)c2)CC1. The number of rotatable bonds is 10. The van der Waals surface area contributed by atoms with Crippen LogP contribution in [0.15, 0.2) is 18.2 Å². The van der Waals surface area contributed by atoms with Crippen molar-refractivity contribution in [1.82, 2.24) is 0 Å². The number of hydrogen-bond acceptors (Lipinski definition) is 3. The molecule has 1 aromatic carbocycles. The summed E-state index contributed by atoms with van der Waals surface area (Å²) in [5.41, 5.74) is 0.920. The van der Waals surface area contributed by atoms with Crippen molar-refractivity contribution in [2.24, 2.45) is 5.92 Å². The Balaban J connectivity index is 1.46. The van der Waals surface area contributed by atoms with E-state index in [1.807, 2.05) is 6.07 Å². The van der Waals surface area contributed by atoms with E-state index in [1.54, 1.807) is 6.07 Å². The molecule has 0 N–H and O–H groups in total. The maximum absolute atomic E-state index is 14.8. The van der Waals surface area contributed by atoms with E-state index in [0.717, 1.165) is 24.3 Å². The Labute approximate surface area is 192 Å². The molecule has 0 heterocycles. The van der Waals surface area contributed by atoms with Gasteiger partial charge >= 0.3 is 5.97 Å². The summed E-state index contributed by atoms with van der Waals surface area (Å²) in [6.07, 6.45) is 11.6. The van der Waals surface area contributed by atoms with Gasteiger partial charge < -0.3 is 9.47 Å². The van der Waals surface area contributed by atoms with Crippen molar-refractivity contribution in [2.45, 2.75) is 115 Å². The van der Waals surface area contributed by atoms with Gasteiger partial charge in [0.05, 0.1) is 11.7 Å². The van der Waals surface area contributed by atoms with Gasteiger partial charge in [0.25, 0.3) is 0 Å². The fraction of sp³-hybridized carbons (Fsp3) is 0.741. The van der Waals surface area contributed by atoms with E-state index >= 15 is 0 Å². The Kier molecular flexibility index (Phi) is 9.95. The van der Waals surface area contributed by atoms with Gasteiger partial charge in [-0.25, -0.2) is 13.6 Å². The molecule has 0 radical (unpaired) electrons. The Morgan fingerprint density at radius 2 is 1.78 bits per heavy atom. The molecule has 3 unspecified atom stereocenters. The van der Waals surface area contributed by atoms with Crippen LogP contribution in [0.3, 0.4) is 0 Å². The highest BCUT2D eigenvalue weighted by Gasteiger charge is 2.33. The second kappa shape index (κ2) is 12.7. The van der Waals surface area contributed by atoms with Gasteiger partial charge in [-0.3, -0.25) is 0 Å². The third kappa shape index (κ3) is 7.00. The standard InChI is InChI=1S/C27H40F2O3/c1-3-4-5-6-7-8-19-9-11-20(12-10-19)21-13-15-23(24(28)17-21)27(30)32-22-14-16-26(31-2)25(29)18-22/h13,15,17,19-20,22,25-26H,3-12,14,16,18H2,1-2H3. The Morgan fingerprint density at radius 3 is 2.44 bits per heavy atom. The van der Waals surface area contributed by atoms with Gasteiger partial charge in [0.15, 0.2) is 0 Å². The van der Waals surface area contributed by atoms with E-state index in [9.17, 15) is 13.6 Å². The van der Waals surface area contributed by atoms with Crippen LogP contribution in [0.4, 0.5) is 8.78 Å². The third-order valence-corrected chi connectivity index (χ3v) is 7.49. The van der Waals surface area contributed by atoms with Crippen LogP contribution in [-0.4, -0.2) is 31.5 Å². The smallest absolute Gasteiger partial charge is 0.341 e. The summed E-state index contributed by atoms with van der Waals surface area (Å²) in [6.45, 7) is 2.24. The summed E-state index contributed by atoms with van der Waals surface area (Å²) in [7, 11) is 1.49. The molecule has 0 aliphatic heterocycles. The first-order valence-electron chi connectivity index (χ1n) is 12.7. The Morgan fingerprint density at radius 1 is 1.03 bits per heavy atom. The highest BCUT2D eigenvalue weighted by Crippen LogP contribution is 2.38. The van der Waals surface area contributed by atoms with E-state index in [2.05, 4.69) is 6.92 Å². The molecule has 32 heavy (non-hydrogen) atoms. The molecule has 0 bridgehead atoms. The number of ether oxygens (including phenoxy) is 2. The average molecular weight is 451 g/mol. The number of benzene rings is 1. The fourth-order valence-corrected chi connectivity index (χ4v) is 5.41. The minimum atomic E-state index is -1.16. The van der Waals surface area contributed by atoms with Gasteiger partial charge in [-0.1, -0.05) is 51.5 Å². The van der Waals surface area contributed by atoms with Crippen molar-refractivity contribution in [1.29, 1.82) is 0 Å². The molecule has 180 valence electrons. The Bertz CT molecular complexity index is 715. The van der Waals surface area contributed by atoms with E-state index in [4.69, 9.17) is 9.47 Å². The van der Waals surface area contributed by atoms with E-state index in [-0.39, 0.29) is 12.0 Å². The lowest BCUT2D eigenvalue weighted by molar-refractivity contribution is -0.0445. The predicted molar refractivity (Wildman–Crippen MR) is 123 cm³/mol. The molecular weight excluding hydrogens is 410 g/mol. The van der Waals surface area contributed by atoms with Crippen LogP contribution in [0.25, 0.3) is 0 Å². The van der Waals surface area contributed by atoms with Gasteiger partial charge in [0.1, 0.15) is 18.1 Å². The maximum Gasteiger partial charge on any atom is 0.341 e. The summed E-state index contributed by atoms with van der Waals surface area (Å²) < 4.78 is 39.3.